The van der Waals surface area contributed by atoms with Gasteiger partial charge < -0.3 is 4.74 Å². The molecule has 0 saturated heterocycles. The van der Waals surface area contributed by atoms with Crippen LogP contribution >= 0.6 is 0 Å². The molecule has 2 bridgehead atoms. The summed E-state index contributed by atoms with van der Waals surface area (Å²) in [6.07, 6.45) is 3.75. The number of ether oxygens (including phenoxy) is 1. The molecule has 2 aliphatic carbocycles. The average molecular weight is 196 g/mol. The fourth-order valence-electron chi connectivity index (χ4n) is 3.51. The molecule has 2 saturated carbocycles. The van der Waals surface area contributed by atoms with Crippen molar-refractivity contribution in [1.82, 2.24) is 0 Å². The van der Waals surface area contributed by atoms with Gasteiger partial charge in [0, 0.05) is 12.3 Å². The molecule has 0 amide bonds. The van der Waals surface area contributed by atoms with Crippen molar-refractivity contribution in [3.05, 3.63) is 0 Å². The van der Waals surface area contributed by atoms with Gasteiger partial charge in [-0.15, -0.1) is 0 Å². The Morgan fingerprint density at radius 1 is 1.36 bits per heavy atom. The Balaban J connectivity index is 2.23. The van der Waals surface area contributed by atoms with Gasteiger partial charge in [-0.05, 0) is 30.6 Å². The summed E-state index contributed by atoms with van der Waals surface area (Å²) in [4.78, 5) is 11.0. The molecule has 0 aromatic heterocycles. The molecule has 0 aromatic rings. The molecule has 80 valence electrons. The van der Waals surface area contributed by atoms with Gasteiger partial charge in [0.25, 0.3) is 0 Å². The van der Waals surface area contributed by atoms with Gasteiger partial charge in [0.1, 0.15) is 6.10 Å². The topological polar surface area (TPSA) is 26.3 Å². The molecule has 2 aliphatic rings. The first-order valence-corrected chi connectivity index (χ1v) is 5.55. The highest BCUT2D eigenvalue weighted by Gasteiger charge is 2.62. The van der Waals surface area contributed by atoms with Gasteiger partial charge in [-0.25, -0.2) is 0 Å². The summed E-state index contributed by atoms with van der Waals surface area (Å²) in [5.74, 6) is 0.622. The van der Waals surface area contributed by atoms with Crippen molar-refractivity contribution in [2.75, 3.05) is 0 Å². The summed E-state index contributed by atoms with van der Waals surface area (Å²) >= 11 is 0. The quantitative estimate of drug-likeness (QED) is 0.603. The zero-order valence-electron chi connectivity index (χ0n) is 9.59. The van der Waals surface area contributed by atoms with Crippen LogP contribution in [-0.4, -0.2) is 12.1 Å². The maximum atomic E-state index is 11.0. The second kappa shape index (κ2) is 2.74. The van der Waals surface area contributed by atoms with Crippen molar-refractivity contribution >= 4 is 5.97 Å². The van der Waals surface area contributed by atoms with Crippen molar-refractivity contribution in [1.29, 1.82) is 0 Å². The van der Waals surface area contributed by atoms with Gasteiger partial charge in [-0.2, -0.15) is 0 Å². The number of fused-ring (bicyclic) bond motifs is 2. The van der Waals surface area contributed by atoms with Gasteiger partial charge in [0.05, 0.1) is 0 Å². The van der Waals surface area contributed by atoms with Crippen LogP contribution in [0.5, 0.6) is 0 Å². The van der Waals surface area contributed by atoms with Crippen LogP contribution in [0.15, 0.2) is 0 Å². The molecule has 3 atom stereocenters. The fraction of sp³-hybridized carbons (Fsp3) is 0.917. The smallest absolute Gasteiger partial charge is 0.302 e. The monoisotopic (exact) mass is 196 g/mol. The predicted molar refractivity (Wildman–Crippen MR) is 54.8 cm³/mol. The third-order valence-electron chi connectivity index (χ3n) is 5.02. The van der Waals surface area contributed by atoms with E-state index in [0.717, 1.165) is 12.3 Å². The first-order chi connectivity index (χ1) is 6.38. The molecule has 2 nitrogen and oxygen atoms in total. The highest BCUT2D eigenvalue weighted by Crippen LogP contribution is 2.66. The van der Waals surface area contributed by atoms with Crippen molar-refractivity contribution in [2.24, 2.45) is 16.7 Å². The van der Waals surface area contributed by atoms with Crippen molar-refractivity contribution in [3.63, 3.8) is 0 Å². The van der Waals surface area contributed by atoms with Gasteiger partial charge >= 0.3 is 5.97 Å². The third kappa shape index (κ3) is 1.06. The Morgan fingerprint density at radius 2 is 2.00 bits per heavy atom. The van der Waals surface area contributed by atoms with E-state index in [1.807, 2.05) is 0 Å². The molecule has 0 aliphatic heterocycles. The van der Waals surface area contributed by atoms with Gasteiger partial charge in [0.2, 0.25) is 0 Å². The van der Waals surface area contributed by atoms with Crippen LogP contribution in [0.2, 0.25) is 0 Å². The van der Waals surface area contributed by atoms with Gasteiger partial charge in [-0.3, -0.25) is 4.79 Å². The van der Waals surface area contributed by atoms with E-state index in [-0.39, 0.29) is 17.5 Å². The Labute approximate surface area is 86.0 Å². The minimum absolute atomic E-state index is 0.125. The van der Waals surface area contributed by atoms with E-state index in [1.165, 1.54) is 19.8 Å². The predicted octanol–water partition coefficient (Wildman–Crippen LogP) is 2.76. The van der Waals surface area contributed by atoms with Crippen LogP contribution in [0.1, 0.15) is 47.0 Å². The molecule has 0 aromatic carbocycles. The molecule has 0 radical (unpaired) electrons. The van der Waals surface area contributed by atoms with E-state index >= 15 is 0 Å². The maximum absolute atomic E-state index is 11.0. The lowest BCUT2D eigenvalue weighted by molar-refractivity contribution is -0.154. The minimum atomic E-state index is -0.125. The van der Waals surface area contributed by atoms with Gasteiger partial charge in [-0.1, -0.05) is 20.8 Å². The van der Waals surface area contributed by atoms with Crippen LogP contribution in [0.4, 0.5) is 0 Å². The molecule has 0 heterocycles. The van der Waals surface area contributed by atoms with Crippen molar-refractivity contribution in [2.45, 2.75) is 53.1 Å². The average Bonchev–Trinajstić information content (AvgIpc) is 2.35. The normalized spacial score (nSPS) is 44.0. The maximum Gasteiger partial charge on any atom is 0.302 e. The Morgan fingerprint density at radius 3 is 2.36 bits per heavy atom. The number of carbonyl (C=O) groups excluding carboxylic acids is 1. The summed E-state index contributed by atoms with van der Waals surface area (Å²) in [5, 5.41) is 0. The molecule has 0 spiro atoms. The van der Waals surface area contributed by atoms with Crippen molar-refractivity contribution in [3.8, 4) is 0 Å². The molecule has 14 heavy (non-hydrogen) atoms. The highest BCUT2D eigenvalue weighted by molar-refractivity contribution is 5.66. The first-order valence-electron chi connectivity index (χ1n) is 5.55. The van der Waals surface area contributed by atoms with Crippen LogP contribution in [0.3, 0.4) is 0 Å². The first kappa shape index (κ1) is 10.0. The van der Waals surface area contributed by atoms with Gasteiger partial charge in [0.15, 0.2) is 0 Å². The molecular weight excluding hydrogens is 176 g/mol. The second-order valence-corrected chi connectivity index (χ2v) is 5.71. The van der Waals surface area contributed by atoms with E-state index in [4.69, 9.17) is 4.74 Å². The fourth-order valence-corrected chi connectivity index (χ4v) is 3.51. The lowest BCUT2D eigenvalue weighted by atomic mass is 9.70. The Bertz CT molecular complexity index is 269. The molecule has 1 unspecified atom stereocenters. The third-order valence-corrected chi connectivity index (χ3v) is 5.02. The summed E-state index contributed by atoms with van der Waals surface area (Å²) < 4.78 is 5.44. The SMILES string of the molecule is CC(=O)O[C@H]1CC2CC[C@@]1(C)C2(C)C. The molecule has 2 rings (SSSR count). The summed E-state index contributed by atoms with van der Waals surface area (Å²) in [7, 11) is 0. The lowest BCUT2D eigenvalue weighted by Crippen LogP contribution is -2.37. The standard InChI is InChI=1S/C12H20O2/c1-8(13)14-10-7-9-5-6-12(10,4)11(9,2)3/h9-10H,5-7H2,1-4H3/t9?,10-,12+/m0/s1. The van der Waals surface area contributed by atoms with Crippen LogP contribution in [0.25, 0.3) is 0 Å². The molecular formula is C12H20O2. The van der Waals surface area contributed by atoms with E-state index in [2.05, 4.69) is 20.8 Å². The highest BCUT2D eigenvalue weighted by atomic mass is 16.5. The van der Waals surface area contributed by atoms with Crippen LogP contribution in [-0.2, 0) is 9.53 Å². The zero-order valence-corrected chi connectivity index (χ0v) is 9.59. The summed E-state index contributed by atoms with van der Waals surface area (Å²) in [6, 6.07) is 0. The second-order valence-electron chi connectivity index (χ2n) is 5.71. The summed E-state index contributed by atoms with van der Waals surface area (Å²) in [5.41, 5.74) is 0.552. The number of hydrogen-bond acceptors (Lipinski definition) is 2. The Hall–Kier alpha value is -0.530. The van der Waals surface area contributed by atoms with Crippen molar-refractivity contribution < 1.29 is 9.53 Å². The minimum Gasteiger partial charge on any atom is -0.462 e. The van der Waals surface area contributed by atoms with E-state index < -0.39 is 0 Å². The molecule has 2 heteroatoms. The number of esters is 1. The molecule has 2 fully saturated rings. The van der Waals surface area contributed by atoms with Crippen LogP contribution in [0, 0.1) is 16.7 Å². The number of carbonyl (C=O) groups is 1. The van der Waals surface area contributed by atoms with E-state index in [9.17, 15) is 4.79 Å². The largest absolute Gasteiger partial charge is 0.462 e. The number of rotatable bonds is 1. The molecule has 0 N–H and O–H groups in total. The Kier molecular flexibility index (Phi) is 1.96. The number of hydrogen-bond donors (Lipinski definition) is 0. The summed E-state index contributed by atoms with van der Waals surface area (Å²) in [6.45, 7) is 8.46. The van der Waals surface area contributed by atoms with E-state index in [1.54, 1.807) is 0 Å². The van der Waals surface area contributed by atoms with Crippen LogP contribution < -0.4 is 0 Å². The van der Waals surface area contributed by atoms with E-state index in [0.29, 0.717) is 5.41 Å². The zero-order chi connectivity index (χ0) is 10.6. The lowest BCUT2D eigenvalue weighted by Gasteiger charge is -2.38.